The van der Waals surface area contributed by atoms with E-state index < -0.39 is 16.0 Å². The lowest BCUT2D eigenvalue weighted by Gasteiger charge is -2.19. The van der Waals surface area contributed by atoms with Gasteiger partial charge in [0, 0.05) is 22.8 Å². The molecule has 0 amide bonds. The number of carbonyl (C=O) groups is 1. The van der Waals surface area contributed by atoms with E-state index in [0.717, 1.165) is 35.3 Å². The SMILES string of the molecule is CCCCOC(=O)c1c(CC(C)C)sc(S(N)(=O)=O)c1-c1cccc(C(c2ccsc2)n2ccnc2)c1. The molecular weight excluding hydrogens is 527 g/mol. The lowest BCUT2D eigenvalue weighted by Crippen LogP contribution is -2.14. The van der Waals surface area contributed by atoms with Crippen LogP contribution in [0.1, 0.15) is 66.0 Å². The number of benzene rings is 1. The van der Waals surface area contributed by atoms with Crippen LogP contribution in [-0.2, 0) is 21.2 Å². The van der Waals surface area contributed by atoms with Crippen LogP contribution in [0.3, 0.4) is 0 Å². The molecule has 37 heavy (non-hydrogen) atoms. The number of nitrogens with two attached hydrogens (primary N) is 1. The van der Waals surface area contributed by atoms with Crippen LogP contribution in [0.2, 0.25) is 0 Å². The van der Waals surface area contributed by atoms with Crippen LogP contribution < -0.4 is 5.14 Å². The van der Waals surface area contributed by atoms with E-state index in [-0.39, 0.29) is 22.8 Å². The molecule has 0 saturated carbocycles. The van der Waals surface area contributed by atoms with Crippen LogP contribution in [0.15, 0.2) is 64.0 Å². The molecule has 0 spiro atoms. The van der Waals surface area contributed by atoms with Gasteiger partial charge in [-0.2, -0.15) is 11.3 Å². The predicted octanol–water partition coefficient (Wildman–Crippen LogP) is 6.11. The van der Waals surface area contributed by atoms with Crippen molar-refractivity contribution in [2.75, 3.05) is 6.61 Å². The molecule has 0 saturated heterocycles. The summed E-state index contributed by atoms with van der Waals surface area (Å²) in [6, 6.07) is 9.50. The van der Waals surface area contributed by atoms with Gasteiger partial charge in [-0.3, -0.25) is 0 Å². The number of imidazole rings is 1. The minimum absolute atomic E-state index is 0.0162. The summed E-state index contributed by atoms with van der Waals surface area (Å²) in [6.45, 7) is 6.35. The molecule has 0 aliphatic heterocycles. The number of primary sulfonamides is 1. The Labute approximate surface area is 226 Å². The van der Waals surface area contributed by atoms with Crippen molar-refractivity contribution in [2.24, 2.45) is 11.1 Å². The molecule has 3 aromatic heterocycles. The highest BCUT2D eigenvalue weighted by molar-refractivity contribution is 7.91. The van der Waals surface area contributed by atoms with Gasteiger partial charge in [-0.1, -0.05) is 45.4 Å². The average Bonchev–Trinajstić information content (AvgIpc) is 3.61. The first-order valence-electron chi connectivity index (χ1n) is 12.2. The summed E-state index contributed by atoms with van der Waals surface area (Å²) in [5.74, 6) is -0.308. The van der Waals surface area contributed by atoms with E-state index in [4.69, 9.17) is 9.88 Å². The number of rotatable bonds is 11. The number of ether oxygens (including phenoxy) is 1. The van der Waals surface area contributed by atoms with Gasteiger partial charge in [0.15, 0.2) is 0 Å². The number of hydrogen-bond acceptors (Lipinski definition) is 7. The highest BCUT2D eigenvalue weighted by Crippen LogP contribution is 2.42. The van der Waals surface area contributed by atoms with E-state index >= 15 is 0 Å². The largest absolute Gasteiger partial charge is 0.462 e. The number of nitrogens with zero attached hydrogens (tertiary/aromatic N) is 2. The molecular formula is C27H31N3O4S3. The van der Waals surface area contributed by atoms with Crippen LogP contribution in [0.4, 0.5) is 0 Å². The maximum absolute atomic E-state index is 13.4. The van der Waals surface area contributed by atoms with Crippen molar-refractivity contribution < 1.29 is 17.9 Å². The second-order valence-corrected chi connectivity index (χ2v) is 12.9. The topological polar surface area (TPSA) is 104 Å². The van der Waals surface area contributed by atoms with E-state index in [1.807, 2.05) is 61.2 Å². The minimum Gasteiger partial charge on any atom is -0.462 e. The van der Waals surface area contributed by atoms with E-state index in [1.165, 1.54) is 0 Å². The summed E-state index contributed by atoms with van der Waals surface area (Å²) in [5.41, 5.74) is 3.23. The van der Waals surface area contributed by atoms with Crippen LogP contribution >= 0.6 is 22.7 Å². The van der Waals surface area contributed by atoms with Gasteiger partial charge in [0.2, 0.25) is 10.0 Å². The lowest BCUT2D eigenvalue weighted by atomic mass is 9.94. The third-order valence-corrected chi connectivity index (χ3v) is 9.29. The molecule has 1 atom stereocenters. The molecule has 7 nitrogen and oxygen atoms in total. The van der Waals surface area contributed by atoms with Gasteiger partial charge in [0.25, 0.3) is 0 Å². The summed E-state index contributed by atoms with van der Waals surface area (Å²) in [7, 11) is -4.10. The van der Waals surface area contributed by atoms with Gasteiger partial charge in [0.05, 0.1) is 24.5 Å². The van der Waals surface area contributed by atoms with E-state index in [2.05, 4.69) is 16.4 Å². The minimum atomic E-state index is -4.10. The van der Waals surface area contributed by atoms with Crippen molar-refractivity contribution in [1.82, 2.24) is 9.55 Å². The lowest BCUT2D eigenvalue weighted by molar-refractivity contribution is 0.0500. The van der Waals surface area contributed by atoms with E-state index in [9.17, 15) is 13.2 Å². The first kappa shape index (κ1) is 27.3. The van der Waals surface area contributed by atoms with Gasteiger partial charge in [-0.05, 0) is 58.3 Å². The Hall–Kier alpha value is -2.79. The maximum Gasteiger partial charge on any atom is 0.339 e. The Morgan fingerprint density at radius 3 is 2.65 bits per heavy atom. The first-order chi connectivity index (χ1) is 17.7. The Balaban J connectivity index is 1.91. The van der Waals surface area contributed by atoms with Gasteiger partial charge in [-0.15, -0.1) is 11.3 Å². The summed E-state index contributed by atoms with van der Waals surface area (Å²) >= 11 is 2.67. The number of aromatic nitrogens is 2. The Kier molecular flexibility index (Phi) is 8.63. The monoisotopic (exact) mass is 557 g/mol. The zero-order valence-electron chi connectivity index (χ0n) is 21.1. The maximum atomic E-state index is 13.4. The van der Waals surface area contributed by atoms with Gasteiger partial charge < -0.3 is 9.30 Å². The summed E-state index contributed by atoms with van der Waals surface area (Å²) in [6.07, 6.45) is 7.53. The van der Waals surface area contributed by atoms with Crippen molar-refractivity contribution in [2.45, 2.75) is 50.3 Å². The van der Waals surface area contributed by atoms with Gasteiger partial charge >= 0.3 is 5.97 Å². The van der Waals surface area contributed by atoms with Crippen LogP contribution in [-0.4, -0.2) is 30.5 Å². The number of thiophene rings is 2. The van der Waals surface area contributed by atoms with Crippen molar-refractivity contribution in [3.05, 3.63) is 81.4 Å². The number of carbonyl (C=O) groups excluding carboxylic acids is 1. The standard InChI is InChI=1S/C27H31N3O4S3/c1-4-5-12-34-26(31)24-22(14-18(2)3)36-27(37(28,32)33)23(24)19-7-6-8-20(15-19)25(21-9-13-35-16-21)30-11-10-29-17-30/h6-11,13,15-18,25H,4-5,12,14H2,1-3H3,(H2,28,32,33). The highest BCUT2D eigenvalue weighted by Gasteiger charge is 2.31. The van der Waals surface area contributed by atoms with Gasteiger partial charge in [0.1, 0.15) is 4.21 Å². The number of hydrogen-bond donors (Lipinski definition) is 1. The summed E-state index contributed by atoms with van der Waals surface area (Å²) < 4.78 is 33.1. The number of sulfonamides is 1. The molecule has 4 aromatic rings. The molecule has 2 N–H and O–H groups in total. The normalized spacial score (nSPS) is 12.7. The zero-order chi connectivity index (χ0) is 26.6. The molecule has 0 aliphatic rings. The highest BCUT2D eigenvalue weighted by atomic mass is 32.2. The molecule has 1 aromatic carbocycles. The molecule has 10 heteroatoms. The van der Waals surface area contributed by atoms with Crippen LogP contribution in [0, 0.1) is 5.92 Å². The van der Waals surface area contributed by atoms with Crippen molar-refractivity contribution in [1.29, 1.82) is 0 Å². The number of unbranched alkanes of at least 4 members (excludes halogenated alkanes) is 1. The van der Waals surface area contributed by atoms with E-state index in [1.54, 1.807) is 23.9 Å². The van der Waals surface area contributed by atoms with Crippen molar-refractivity contribution in [3.8, 4) is 11.1 Å². The Bertz CT molecular complexity index is 1410. The zero-order valence-corrected chi connectivity index (χ0v) is 23.5. The van der Waals surface area contributed by atoms with Crippen molar-refractivity contribution >= 4 is 38.7 Å². The fraction of sp³-hybridized carbons (Fsp3) is 0.333. The molecule has 3 heterocycles. The smallest absolute Gasteiger partial charge is 0.339 e. The molecule has 196 valence electrons. The first-order valence-corrected chi connectivity index (χ1v) is 15.5. The second-order valence-electron chi connectivity index (χ2n) is 9.29. The quantitative estimate of drug-likeness (QED) is 0.177. The molecule has 4 rings (SSSR count). The van der Waals surface area contributed by atoms with E-state index in [0.29, 0.717) is 28.0 Å². The van der Waals surface area contributed by atoms with Crippen molar-refractivity contribution in [3.63, 3.8) is 0 Å². The Morgan fingerprint density at radius 1 is 1.22 bits per heavy atom. The molecule has 1 unspecified atom stereocenters. The molecule has 0 radical (unpaired) electrons. The van der Waals surface area contributed by atoms with Crippen LogP contribution in [0.5, 0.6) is 0 Å². The van der Waals surface area contributed by atoms with Crippen LogP contribution in [0.25, 0.3) is 11.1 Å². The van der Waals surface area contributed by atoms with Gasteiger partial charge in [-0.25, -0.2) is 23.3 Å². The summed E-state index contributed by atoms with van der Waals surface area (Å²) in [4.78, 5) is 18.3. The molecule has 0 aliphatic carbocycles. The third kappa shape index (κ3) is 6.20. The molecule has 0 fully saturated rings. The second kappa shape index (κ2) is 11.7. The fourth-order valence-electron chi connectivity index (χ4n) is 4.28. The fourth-order valence-corrected chi connectivity index (χ4v) is 7.48. The Morgan fingerprint density at radius 2 is 2.03 bits per heavy atom. The summed E-state index contributed by atoms with van der Waals surface area (Å²) in [5, 5.41) is 9.80. The number of esters is 1. The average molecular weight is 558 g/mol. The third-order valence-electron chi connectivity index (χ3n) is 5.91. The molecule has 0 bridgehead atoms. The predicted molar refractivity (Wildman–Crippen MR) is 149 cm³/mol.